The summed E-state index contributed by atoms with van der Waals surface area (Å²) in [6.07, 6.45) is 2.69. The number of carbonyl (C=O) groups is 2. The molecule has 0 N–H and O–H groups in total. The molecule has 1 aromatic carbocycles. The molecule has 4 nitrogen and oxygen atoms in total. The number of hydrogen-bond acceptors (Lipinski definition) is 2. The summed E-state index contributed by atoms with van der Waals surface area (Å²) in [6.45, 7) is 7.45. The number of rotatable bonds is 2. The topological polar surface area (TPSA) is 40.6 Å². The van der Waals surface area contributed by atoms with Crippen LogP contribution in [-0.4, -0.2) is 47.8 Å². The molecule has 0 spiro atoms. The van der Waals surface area contributed by atoms with Gasteiger partial charge in [0.1, 0.15) is 0 Å². The van der Waals surface area contributed by atoms with Crippen molar-refractivity contribution in [2.24, 2.45) is 17.8 Å². The molecule has 0 saturated carbocycles. The van der Waals surface area contributed by atoms with Gasteiger partial charge in [0.05, 0.1) is 10.6 Å². The van der Waals surface area contributed by atoms with Gasteiger partial charge in [0.15, 0.2) is 0 Å². The zero-order valence-electron chi connectivity index (χ0n) is 15.1. The van der Waals surface area contributed by atoms with Crippen LogP contribution in [0.3, 0.4) is 0 Å². The van der Waals surface area contributed by atoms with Gasteiger partial charge in [-0.05, 0) is 43.2 Å². The molecule has 0 aromatic heterocycles. The molecule has 2 atom stereocenters. The first-order chi connectivity index (χ1) is 12.0. The lowest BCUT2D eigenvalue weighted by Crippen LogP contribution is -2.48. The van der Waals surface area contributed by atoms with Crippen LogP contribution in [0.15, 0.2) is 24.3 Å². The number of likely N-dealkylation sites (tertiary alicyclic amines) is 2. The standard InChI is InChI=1S/C20H27ClN2O2/c1-14-11-15(2)13-23(12-14)19(24)16-7-9-22(10-8-16)20(25)17-5-3-4-6-18(17)21/h3-6,14-16H,7-13H2,1-2H3. The van der Waals surface area contributed by atoms with E-state index >= 15 is 0 Å². The molecule has 25 heavy (non-hydrogen) atoms. The number of carbonyl (C=O) groups excluding carboxylic acids is 2. The van der Waals surface area contributed by atoms with Gasteiger partial charge < -0.3 is 9.80 Å². The summed E-state index contributed by atoms with van der Waals surface area (Å²) in [5.41, 5.74) is 0.549. The average molecular weight is 363 g/mol. The molecule has 5 heteroatoms. The van der Waals surface area contributed by atoms with Gasteiger partial charge in [0.25, 0.3) is 5.91 Å². The van der Waals surface area contributed by atoms with Crippen molar-refractivity contribution >= 4 is 23.4 Å². The maximum absolute atomic E-state index is 12.8. The van der Waals surface area contributed by atoms with Gasteiger partial charge in [0, 0.05) is 32.1 Å². The molecular weight excluding hydrogens is 336 g/mol. The molecule has 3 rings (SSSR count). The fourth-order valence-corrected chi connectivity index (χ4v) is 4.45. The number of benzene rings is 1. The predicted octanol–water partition coefficient (Wildman–Crippen LogP) is 3.70. The molecule has 2 heterocycles. The molecular formula is C20H27ClN2O2. The van der Waals surface area contributed by atoms with Crippen molar-refractivity contribution in [1.29, 1.82) is 0 Å². The van der Waals surface area contributed by atoms with Gasteiger partial charge in [-0.3, -0.25) is 9.59 Å². The van der Waals surface area contributed by atoms with Gasteiger partial charge >= 0.3 is 0 Å². The lowest BCUT2D eigenvalue weighted by atomic mass is 9.89. The van der Waals surface area contributed by atoms with E-state index in [0.717, 1.165) is 25.9 Å². The SMILES string of the molecule is CC1CC(C)CN(C(=O)C2CCN(C(=O)c3ccccc3Cl)CC2)C1. The van der Waals surface area contributed by atoms with E-state index in [1.165, 1.54) is 6.42 Å². The maximum atomic E-state index is 12.8. The van der Waals surface area contributed by atoms with Crippen LogP contribution in [0.2, 0.25) is 5.02 Å². The van der Waals surface area contributed by atoms with E-state index in [1.807, 2.05) is 17.0 Å². The molecule has 1 aromatic rings. The van der Waals surface area contributed by atoms with Crippen LogP contribution >= 0.6 is 11.6 Å². The van der Waals surface area contributed by atoms with E-state index in [1.54, 1.807) is 12.1 Å². The summed E-state index contributed by atoms with van der Waals surface area (Å²) in [5, 5.41) is 0.488. The number of halogens is 1. The second-order valence-electron chi connectivity index (χ2n) is 7.74. The van der Waals surface area contributed by atoms with Crippen molar-refractivity contribution in [3.05, 3.63) is 34.9 Å². The largest absolute Gasteiger partial charge is 0.342 e. The zero-order valence-corrected chi connectivity index (χ0v) is 15.8. The Morgan fingerprint density at radius 2 is 1.60 bits per heavy atom. The monoisotopic (exact) mass is 362 g/mol. The molecule has 0 bridgehead atoms. The Bertz CT molecular complexity index is 630. The fourth-order valence-electron chi connectivity index (χ4n) is 4.24. The Morgan fingerprint density at radius 3 is 2.20 bits per heavy atom. The van der Waals surface area contributed by atoms with Crippen LogP contribution in [0, 0.1) is 17.8 Å². The summed E-state index contributed by atoms with van der Waals surface area (Å²) >= 11 is 6.14. The van der Waals surface area contributed by atoms with Crippen LogP contribution in [0.4, 0.5) is 0 Å². The minimum Gasteiger partial charge on any atom is -0.342 e. The molecule has 136 valence electrons. The summed E-state index contributed by atoms with van der Waals surface area (Å²) in [4.78, 5) is 29.4. The van der Waals surface area contributed by atoms with Crippen molar-refractivity contribution < 1.29 is 9.59 Å². The predicted molar refractivity (Wildman–Crippen MR) is 99.6 cm³/mol. The van der Waals surface area contributed by atoms with Gasteiger partial charge in [0.2, 0.25) is 5.91 Å². The lowest BCUT2D eigenvalue weighted by molar-refractivity contribution is -0.139. The van der Waals surface area contributed by atoms with Crippen LogP contribution in [0.5, 0.6) is 0 Å². The Morgan fingerprint density at radius 1 is 1.00 bits per heavy atom. The Labute approximate surface area is 155 Å². The molecule has 0 aliphatic carbocycles. The van der Waals surface area contributed by atoms with Crippen LogP contribution in [0.1, 0.15) is 43.5 Å². The average Bonchev–Trinajstić information content (AvgIpc) is 2.60. The van der Waals surface area contributed by atoms with E-state index in [4.69, 9.17) is 11.6 Å². The van der Waals surface area contributed by atoms with Crippen molar-refractivity contribution in [1.82, 2.24) is 9.80 Å². The first kappa shape index (κ1) is 18.2. The summed E-state index contributed by atoms with van der Waals surface area (Å²) in [5.74, 6) is 1.46. The normalized spacial score (nSPS) is 25.1. The zero-order chi connectivity index (χ0) is 18.0. The highest BCUT2D eigenvalue weighted by molar-refractivity contribution is 6.33. The van der Waals surface area contributed by atoms with E-state index in [9.17, 15) is 9.59 Å². The highest BCUT2D eigenvalue weighted by Gasteiger charge is 2.33. The molecule has 2 amide bonds. The van der Waals surface area contributed by atoms with E-state index in [-0.39, 0.29) is 17.7 Å². The Hall–Kier alpha value is -1.55. The minimum absolute atomic E-state index is 0.0308. The second-order valence-corrected chi connectivity index (χ2v) is 8.14. The third-order valence-corrected chi connectivity index (χ3v) is 5.75. The third-order valence-electron chi connectivity index (χ3n) is 5.42. The van der Waals surface area contributed by atoms with Crippen molar-refractivity contribution in [3.63, 3.8) is 0 Å². The molecule has 2 fully saturated rings. The van der Waals surface area contributed by atoms with Crippen LogP contribution in [-0.2, 0) is 4.79 Å². The minimum atomic E-state index is -0.0308. The maximum Gasteiger partial charge on any atom is 0.255 e. The Balaban J connectivity index is 1.57. The van der Waals surface area contributed by atoms with Crippen LogP contribution < -0.4 is 0 Å². The molecule has 2 saturated heterocycles. The summed E-state index contributed by atoms with van der Waals surface area (Å²) in [6, 6.07) is 7.15. The smallest absolute Gasteiger partial charge is 0.255 e. The Kier molecular flexibility index (Phi) is 5.67. The van der Waals surface area contributed by atoms with Crippen molar-refractivity contribution in [2.45, 2.75) is 33.1 Å². The van der Waals surface area contributed by atoms with Gasteiger partial charge in [-0.2, -0.15) is 0 Å². The third kappa shape index (κ3) is 4.17. The highest BCUT2D eigenvalue weighted by atomic mass is 35.5. The van der Waals surface area contributed by atoms with E-state index in [0.29, 0.717) is 35.5 Å². The summed E-state index contributed by atoms with van der Waals surface area (Å²) in [7, 11) is 0. The van der Waals surface area contributed by atoms with Gasteiger partial charge in [-0.1, -0.05) is 37.6 Å². The molecule has 2 aliphatic heterocycles. The van der Waals surface area contributed by atoms with E-state index in [2.05, 4.69) is 18.7 Å². The quantitative estimate of drug-likeness (QED) is 0.804. The van der Waals surface area contributed by atoms with Gasteiger partial charge in [-0.25, -0.2) is 0 Å². The lowest BCUT2D eigenvalue weighted by Gasteiger charge is -2.39. The summed E-state index contributed by atoms with van der Waals surface area (Å²) < 4.78 is 0. The molecule has 2 aliphatic rings. The van der Waals surface area contributed by atoms with Crippen molar-refractivity contribution in [2.75, 3.05) is 26.2 Å². The van der Waals surface area contributed by atoms with Gasteiger partial charge in [-0.15, -0.1) is 0 Å². The first-order valence-corrected chi connectivity index (χ1v) is 9.66. The first-order valence-electron chi connectivity index (χ1n) is 9.28. The van der Waals surface area contributed by atoms with Crippen molar-refractivity contribution in [3.8, 4) is 0 Å². The molecule has 0 radical (unpaired) electrons. The highest BCUT2D eigenvalue weighted by Crippen LogP contribution is 2.27. The second kappa shape index (κ2) is 7.77. The number of hydrogen-bond donors (Lipinski definition) is 0. The number of amides is 2. The number of piperidine rings is 2. The van der Waals surface area contributed by atoms with E-state index < -0.39 is 0 Å². The fraction of sp³-hybridized carbons (Fsp3) is 0.600. The van der Waals surface area contributed by atoms with Crippen LogP contribution in [0.25, 0.3) is 0 Å². The molecule has 2 unspecified atom stereocenters. The number of nitrogens with zero attached hydrogens (tertiary/aromatic N) is 2.